The zero-order chi connectivity index (χ0) is 18.5. The largest absolute Gasteiger partial charge is 0.469 e. The summed E-state index contributed by atoms with van der Waals surface area (Å²) in [6, 6.07) is 12.5. The van der Waals surface area contributed by atoms with Gasteiger partial charge < -0.3 is 14.5 Å². The third kappa shape index (κ3) is 4.40. The van der Waals surface area contributed by atoms with Gasteiger partial charge in [-0.25, -0.2) is 4.98 Å². The van der Waals surface area contributed by atoms with Gasteiger partial charge in [0.2, 0.25) is 0 Å². The first kappa shape index (κ1) is 17.9. The molecular weight excluding hydrogens is 356 g/mol. The number of aromatic nitrogens is 1. The molecule has 3 rings (SSSR count). The second kappa shape index (κ2) is 8.01. The minimum Gasteiger partial charge on any atom is -0.469 e. The number of fused-ring (bicyclic) bond motifs is 1. The van der Waals surface area contributed by atoms with Crippen LogP contribution in [0.25, 0.3) is 11.1 Å². The molecule has 0 saturated carbocycles. The number of nitrogens with zero attached hydrogens (tertiary/aromatic N) is 1. The van der Waals surface area contributed by atoms with Crippen LogP contribution in [0.15, 0.2) is 46.9 Å². The van der Waals surface area contributed by atoms with Crippen LogP contribution in [0, 0.1) is 0 Å². The lowest BCUT2D eigenvalue weighted by atomic mass is 10.1. The molecule has 6 nitrogen and oxygen atoms in total. The van der Waals surface area contributed by atoms with E-state index in [2.05, 4.69) is 15.0 Å². The number of carbonyl (C=O) groups is 2. The van der Waals surface area contributed by atoms with Crippen molar-refractivity contribution in [1.82, 2.24) is 10.3 Å². The summed E-state index contributed by atoms with van der Waals surface area (Å²) < 4.78 is 10.3. The molecular formula is C19H17ClN2O4. The van der Waals surface area contributed by atoms with Gasteiger partial charge in [0, 0.05) is 23.6 Å². The molecule has 0 aliphatic heterocycles. The van der Waals surface area contributed by atoms with Gasteiger partial charge in [-0.05, 0) is 35.9 Å². The molecule has 0 aliphatic rings. The van der Waals surface area contributed by atoms with E-state index in [-0.39, 0.29) is 24.8 Å². The van der Waals surface area contributed by atoms with E-state index in [0.29, 0.717) is 34.0 Å². The van der Waals surface area contributed by atoms with Gasteiger partial charge in [0.25, 0.3) is 5.91 Å². The minimum absolute atomic E-state index is 0.125. The van der Waals surface area contributed by atoms with E-state index >= 15 is 0 Å². The number of amides is 1. The number of hydrogen-bond donors (Lipinski definition) is 1. The Bertz CT molecular complexity index is 934. The van der Waals surface area contributed by atoms with Gasteiger partial charge in [0.1, 0.15) is 5.52 Å². The summed E-state index contributed by atoms with van der Waals surface area (Å²) in [6.07, 6.45) is 0.659. The predicted molar refractivity (Wildman–Crippen MR) is 97.2 cm³/mol. The maximum atomic E-state index is 12.2. The smallest absolute Gasteiger partial charge is 0.307 e. The fourth-order valence-electron chi connectivity index (χ4n) is 2.45. The number of hydrogen-bond acceptors (Lipinski definition) is 5. The molecule has 0 unspecified atom stereocenters. The number of ether oxygens (including phenoxy) is 1. The van der Waals surface area contributed by atoms with E-state index < -0.39 is 0 Å². The van der Waals surface area contributed by atoms with Crippen molar-refractivity contribution in [3.05, 3.63) is 64.5 Å². The molecule has 0 spiro atoms. The Morgan fingerprint density at radius 1 is 1.19 bits per heavy atom. The minimum atomic E-state index is -0.371. The fourth-order valence-corrected chi connectivity index (χ4v) is 2.58. The number of carbonyl (C=O) groups excluding carboxylic acids is 2. The summed E-state index contributed by atoms with van der Waals surface area (Å²) >= 11 is 5.89. The molecule has 0 atom stereocenters. The molecule has 3 aromatic rings. The van der Waals surface area contributed by atoms with Crippen molar-refractivity contribution in [2.75, 3.05) is 13.7 Å². The average Bonchev–Trinajstić information content (AvgIpc) is 3.04. The maximum absolute atomic E-state index is 12.2. The topological polar surface area (TPSA) is 81.4 Å². The lowest BCUT2D eigenvalue weighted by Gasteiger charge is -2.04. The maximum Gasteiger partial charge on any atom is 0.307 e. The van der Waals surface area contributed by atoms with Crippen LogP contribution < -0.4 is 5.32 Å². The van der Waals surface area contributed by atoms with Crippen molar-refractivity contribution >= 4 is 34.6 Å². The third-order valence-electron chi connectivity index (χ3n) is 3.81. The molecule has 0 saturated heterocycles. The van der Waals surface area contributed by atoms with E-state index in [1.807, 2.05) is 24.3 Å². The SMILES string of the molecule is COC(=O)CCNC(=O)c1ccc2oc(Cc3ccc(Cl)cc3)nc2c1. The highest BCUT2D eigenvalue weighted by molar-refractivity contribution is 6.30. The molecule has 7 heteroatoms. The molecule has 26 heavy (non-hydrogen) atoms. The fraction of sp³-hybridized carbons (Fsp3) is 0.211. The summed E-state index contributed by atoms with van der Waals surface area (Å²) in [7, 11) is 1.31. The monoisotopic (exact) mass is 372 g/mol. The molecule has 134 valence electrons. The second-order valence-corrected chi connectivity index (χ2v) is 6.11. The Balaban J connectivity index is 1.69. The van der Waals surface area contributed by atoms with Gasteiger partial charge >= 0.3 is 5.97 Å². The number of benzene rings is 2. The molecule has 2 aromatic carbocycles. The van der Waals surface area contributed by atoms with Crippen LogP contribution in [0.1, 0.15) is 28.2 Å². The highest BCUT2D eigenvalue weighted by Crippen LogP contribution is 2.20. The molecule has 0 aliphatic carbocycles. The van der Waals surface area contributed by atoms with Crippen LogP contribution in [0.4, 0.5) is 0 Å². The molecule has 1 aromatic heterocycles. The van der Waals surface area contributed by atoms with E-state index in [9.17, 15) is 9.59 Å². The van der Waals surface area contributed by atoms with Crippen LogP contribution in [0.5, 0.6) is 0 Å². The van der Waals surface area contributed by atoms with E-state index in [1.54, 1.807) is 18.2 Å². The molecule has 0 fully saturated rings. The number of methoxy groups -OCH3 is 1. The van der Waals surface area contributed by atoms with Crippen LogP contribution in [0.3, 0.4) is 0 Å². The average molecular weight is 373 g/mol. The van der Waals surface area contributed by atoms with Gasteiger partial charge in [0.15, 0.2) is 11.5 Å². The Kier molecular flexibility index (Phi) is 5.53. The quantitative estimate of drug-likeness (QED) is 0.671. The first-order chi connectivity index (χ1) is 12.5. The van der Waals surface area contributed by atoms with Gasteiger partial charge in [-0.15, -0.1) is 0 Å². The van der Waals surface area contributed by atoms with Crippen molar-refractivity contribution in [1.29, 1.82) is 0 Å². The molecule has 1 N–H and O–H groups in total. The van der Waals surface area contributed by atoms with Crippen LogP contribution in [0.2, 0.25) is 5.02 Å². The van der Waals surface area contributed by atoms with Crippen molar-refractivity contribution in [2.45, 2.75) is 12.8 Å². The third-order valence-corrected chi connectivity index (χ3v) is 4.06. The van der Waals surface area contributed by atoms with Gasteiger partial charge in [-0.1, -0.05) is 23.7 Å². The number of nitrogens with one attached hydrogen (secondary N) is 1. The highest BCUT2D eigenvalue weighted by atomic mass is 35.5. The number of rotatable bonds is 6. The lowest BCUT2D eigenvalue weighted by molar-refractivity contribution is -0.140. The number of oxazole rings is 1. The summed E-state index contributed by atoms with van der Waals surface area (Å²) in [6.45, 7) is 0.212. The first-order valence-electron chi connectivity index (χ1n) is 8.04. The Morgan fingerprint density at radius 2 is 1.96 bits per heavy atom. The van der Waals surface area contributed by atoms with Crippen molar-refractivity contribution in [2.24, 2.45) is 0 Å². The highest BCUT2D eigenvalue weighted by Gasteiger charge is 2.11. The van der Waals surface area contributed by atoms with Crippen LogP contribution in [-0.2, 0) is 16.0 Å². The Labute approximate surface area is 155 Å². The first-order valence-corrected chi connectivity index (χ1v) is 8.42. The molecule has 0 bridgehead atoms. The normalized spacial score (nSPS) is 10.7. The molecule has 1 heterocycles. The number of halogens is 1. The Hall–Kier alpha value is -2.86. The zero-order valence-corrected chi connectivity index (χ0v) is 14.9. The van der Waals surface area contributed by atoms with Crippen LogP contribution in [-0.4, -0.2) is 30.5 Å². The summed E-state index contributed by atoms with van der Waals surface area (Å²) in [5, 5.41) is 3.35. The summed E-state index contributed by atoms with van der Waals surface area (Å²) in [5.41, 5.74) is 2.70. The van der Waals surface area contributed by atoms with E-state index in [0.717, 1.165) is 5.56 Å². The van der Waals surface area contributed by atoms with Gasteiger partial charge in [-0.2, -0.15) is 0 Å². The summed E-state index contributed by atoms with van der Waals surface area (Å²) in [5.74, 6) is -0.0901. The number of esters is 1. The standard InChI is InChI=1S/C19H17ClN2O4/c1-25-18(23)8-9-21-19(24)13-4-7-16-15(11-13)22-17(26-16)10-12-2-5-14(20)6-3-12/h2-7,11H,8-10H2,1H3,(H,21,24). The Morgan fingerprint density at radius 3 is 2.69 bits per heavy atom. The molecule has 0 radical (unpaired) electrons. The van der Waals surface area contributed by atoms with Gasteiger partial charge in [-0.3, -0.25) is 9.59 Å². The molecule has 1 amide bonds. The van der Waals surface area contributed by atoms with Crippen molar-refractivity contribution < 1.29 is 18.7 Å². The van der Waals surface area contributed by atoms with Gasteiger partial charge in [0.05, 0.1) is 13.5 Å². The van der Waals surface area contributed by atoms with E-state index in [1.165, 1.54) is 7.11 Å². The lowest BCUT2D eigenvalue weighted by Crippen LogP contribution is -2.26. The van der Waals surface area contributed by atoms with Crippen molar-refractivity contribution in [3.63, 3.8) is 0 Å². The summed E-state index contributed by atoms with van der Waals surface area (Å²) in [4.78, 5) is 27.7. The van der Waals surface area contributed by atoms with Crippen molar-refractivity contribution in [3.8, 4) is 0 Å². The zero-order valence-electron chi connectivity index (χ0n) is 14.1. The second-order valence-electron chi connectivity index (χ2n) is 5.68. The predicted octanol–water partition coefficient (Wildman–Crippen LogP) is 3.36. The van der Waals surface area contributed by atoms with Crippen LogP contribution >= 0.6 is 11.6 Å². The van der Waals surface area contributed by atoms with E-state index in [4.69, 9.17) is 16.0 Å².